The minimum Gasteiger partial charge on any atom is -0.480 e. The molecule has 3 aromatic rings. The lowest BCUT2D eigenvalue weighted by atomic mass is 10.0. The molecule has 1 N–H and O–H groups in total. The predicted molar refractivity (Wildman–Crippen MR) is 112 cm³/mol. The summed E-state index contributed by atoms with van der Waals surface area (Å²) in [5, 5.41) is 14.6. The predicted octanol–water partition coefficient (Wildman–Crippen LogP) is 5.05. The van der Waals surface area contributed by atoms with Crippen molar-refractivity contribution in [3.8, 4) is 24.2 Å². The van der Waals surface area contributed by atoms with E-state index in [0.29, 0.717) is 22.0 Å². The maximum Gasteiger partial charge on any atom is 0.266 e. The van der Waals surface area contributed by atoms with E-state index in [2.05, 4.69) is 11.2 Å². The summed E-state index contributed by atoms with van der Waals surface area (Å²) < 4.78 is 5.61. The largest absolute Gasteiger partial charge is 0.480 e. The molecule has 0 aliphatic heterocycles. The van der Waals surface area contributed by atoms with E-state index in [1.807, 2.05) is 36.4 Å². The van der Waals surface area contributed by atoms with Gasteiger partial charge in [-0.2, -0.15) is 5.26 Å². The molecule has 0 fully saturated rings. The first-order valence-electron chi connectivity index (χ1n) is 8.39. The second-order valence-electron chi connectivity index (χ2n) is 5.82. The molecule has 0 spiro atoms. The quantitative estimate of drug-likeness (QED) is 0.379. The number of amides is 1. The zero-order chi connectivity index (χ0) is 19.9. The van der Waals surface area contributed by atoms with Crippen LogP contribution in [0.1, 0.15) is 5.56 Å². The van der Waals surface area contributed by atoms with Crippen molar-refractivity contribution >= 4 is 40.0 Å². The Balaban J connectivity index is 2.02. The second kappa shape index (κ2) is 8.77. The molecule has 0 bridgehead atoms. The summed E-state index contributed by atoms with van der Waals surface area (Å²) in [4.78, 5) is 12.6. The van der Waals surface area contributed by atoms with Gasteiger partial charge in [0.15, 0.2) is 0 Å². The molecule has 0 saturated carbocycles. The third-order valence-corrected chi connectivity index (χ3v) is 4.25. The van der Waals surface area contributed by atoms with Crippen LogP contribution in [0, 0.1) is 23.7 Å². The van der Waals surface area contributed by atoms with Gasteiger partial charge in [0.2, 0.25) is 0 Å². The Morgan fingerprint density at radius 3 is 2.61 bits per heavy atom. The summed E-state index contributed by atoms with van der Waals surface area (Å²) in [6.07, 6.45) is 6.81. The summed E-state index contributed by atoms with van der Waals surface area (Å²) in [5.41, 5.74) is 1.10. The third kappa shape index (κ3) is 4.32. The summed E-state index contributed by atoms with van der Waals surface area (Å²) >= 11 is 5.86. The number of hydrogen-bond donors (Lipinski definition) is 1. The van der Waals surface area contributed by atoms with Crippen LogP contribution in [0.15, 0.2) is 66.2 Å². The van der Waals surface area contributed by atoms with Gasteiger partial charge in [0, 0.05) is 16.3 Å². The molecule has 4 nitrogen and oxygen atoms in total. The highest BCUT2D eigenvalue weighted by Gasteiger charge is 2.13. The van der Waals surface area contributed by atoms with Gasteiger partial charge in [-0.25, -0.2) is 0 Å². The van der Waals surface area contributed by atoms with E-state index < -0.39 is 5.91 Å². The van der Waals surface area contributed by atoms with Crippen molar-refractivity contribution in [2.24, 2.45) is 0 Å². The van der Waals surface area contributed by atoms with Crippen molar-refractivity contribution < 1.29 is 9.53 Å². The highest BCUT2D eigenvalue weighted by molar-refractivity contribution is 6.30. The van der Waals surface area contributed by atoms with Gasteiger partial charge >= 0.3 is 0 Å². The van der Waals surface area contributed by atoms with Crippen molar-refractivity contribution in [3.05, 3.63) is 76.8 Å². The molecule has 0 saturated heterocycles. The molecule has 3 aromatic carbocycles. The van der Waals surface area contributed by atoms with Gasteiger partial charge in [0.05, 0.1) is 0 Å². The fourth-order valence-corrected chi connectivity index (χ4v) is 2.82. The second-order valence-corrected chi connectivity index (χ2v) is 6.26. The highest BCUT2D eigenvalue weighted by Crippen LogP contribution is 2.30. The van der Waals surface area contributed by atoms with E-state index in [4.69, 9.17) is 22.8 Å². The number of terminal acetylenes is 1. The van der Waals surface area contributed by atoms with Crippen LogP contribution in [-0.2, 0) is 4.79 Å². The zero-order valence-corrected chi connectivity index (χ0v) is 15.5. The topological polar surface area (TPSA) is 62.1 Å². The van der Waals surface area contributed by atoms with E-state index >= 15 is 0 Å². The van der Waals surface area contributed by atoms with E-state index in [1.54, 1.807) is 30.3 Å². The minimum absolute atomic E-state index is 0.0585. The van der Waals surface area contributed by atoms with Crippen molar-refractivity contribution in [2.75, 3.05) is 11.9 Å². The van der Waals surface area contributed by atoms with Crippen LogP contribution in [0.3, 0.4) is 0 Å². The molecular weight excluding hydrogens is 372 g/mol. The lowest BCUT2D eigenvalue weighted by Crippen LogP contribution is -2.13. The van der Waals surface area contributed by atoms with E-state index in [-0.39, 0.29) is 12.2 Å². The Morgan fingerprint density at radius 1 is 1.14 bits per heavy atom. The smallest absolute Gasteiger partial charge is 0.266 e. The standard InChI is InChI=1S/C23H15ClN2O2/c1-2-13-28-22-12-7-16-5-3-4-6-20(16)21(22)14-17(15-25)23(27)26-19-10-8-18(24)9-11-19/h1,3-12,14H,13H2,(H,26,27)/b17-14+. The number of anilines is 1. The highest BCUT2D eigenvalue weighted by atomic mass is 35.5. The number of halogens is 1. The number of fused-ring (bicyclic) bond motifs is 1. The fourth-order valence-electron chi connectivity index (χ4n) is 2.69. The number of carbonyl (C=O) groups excluding carboxylic acids is 1. The van der Waals surface area contributed by atoms with Crippen molar-refractivity contribution in [3.63, 3.8) is 0 Å². The van der Waals surface area contributed by atoms with Crippen LogP contribution < -0.4 is 10.1 Å². The van der Waals surface area contributed by atoms with E-state index in [0.717, 1.165) is 10.8 Å². The van der Waals surface area contributed by atoms with Gasteiger partial charge in [-0.15, -0.1) is 6.42 Å². The SMILES string of the molecule is C#CCOc1ccc2ccccc2c1/C=C(\C#N)C(=O)Nc1ccc(Cl)cc1. The molecular formula is C23H15ClN2O2. The average Bonchev–Trinajstić information content (AvgIpc) is 2.72. The normalized spacial score (nSPS) is 10.8. The number of benzene rings is 3. The van der Waals surface area contributed by atoms with Gasteiger partial charge in [-0.3, -0.25) is 4.79 Å². The lowest BCUT2D eigenvalue weighted by molar-refractivity contribution is -0.112. The van der Waals surface area contributed by atoms with Crippen LogP contribution in [-0.4, -0.2) is 12.5 Å². The first-order valence-corrected chi connectivity index (χ1v) is 8.77. The zero-order valence-electron chi connectivity index (χ0n) is 14.8. The van der Waals surface area contributed by atoms with Gasteiger partial charge in [0.1, 0.15) is 24.0 Å². The number of nitrogens with zero attached hydrogens (tertiary/aromatic N) is 1. The van der Waals surface area contributed by atoms with Crippen molar-refractivity contribution in [1.82, 2.24) is 0 Å². The molecule has 1 amide bonds. The molecule has 28 heavy (non-hydrogen) atoms. The monoisotopic (exact) mass is 386 g/mol. The summed E-state index contributed by atoms with van der Waals surface area (Å²) in [6.45, 7) is 0.0814. The first kappa shape index (κ1) is 19.0. The van der Waals surface area contributed by atoms with Crippen LogP contribution in [0.2, 0.25) is 5.02 Å². The number of ether oxygens (including phenoxy) is 1. The van der Waals surface area contributed by atoms with E-state index in [9.17, 15) is 10.1 Å². The Labute approximate surface area is 168 Å². The van der Waals surface area contributed by atoms with Crippen LogP contribution in [0.4, 0.5) is 5.69 Å². The minimum atomic E-state index is -0.527. The van der Waals surface area contributed by atoms with Crippen LogP contribution in [0.25, 0.3) is 16.8 Å². The summed E-state index contributed by atoms with van der Waals surface area (Å²) in [6, 6.07) is 19.9. The molecule has 0 radical (unpaired) electrons. The molecule has 0 aliphatic carbocycles. The first-order chi connectivity index (χ1) is 13.6. The third-order valence-electron chi connectivity index (χ3n) is 4.00. The lowest BCUT2D eigenvalue weighted by Gasteiger charge is -2.11. The van der Waals surface area contributed by atoms with Crippen LogP contribution >= 0.6 is 11.6 Å². The van der Waals surface area contributed by atoms with Crippen LogP contribution in [0.5, 0.6) is 5.75 Å². The number of nitrogens with one attached hydrogen (secondary N) is 1. The van der Waals surface area contributed by atoms with Crippen molar-refractivity contribution in [1.29, 1.82) is 5.26 Å². The Kier molecular flexibility index (Phi) is 5.97. The molecule has 136 valence electrons. The van der Waals surface area contributed by atoms with Gasteiger partial charge in [-0.1, -0.05) is 47.9 Å². The number of hydrogen-bond acceptors (Lipinski definition) is 3. The molecule has 0 atom stereocenters. The number of rotatable bonds is 5. The van der Waals surface area contributed by atoms with Gasteiger partial charge < -0.3 is 10.1 Å². The average molecular weight is 387 g/mol. The van der Waals surface area contributed by atoms with Crippen molar-refractivity contribution in [2.45, 2.75) is 0 Å². The molecule has 0 aromatic heterocycles. The Morgan fingerprint density at radius 2 is 1.89 bits per heavy atom. The molecule has 0 aliphatic rings. The Hall–Kier alpha value is -3.73. The van der Waals surface area contributed by atoms with E-state index in [1.165, 1.54) is 6.08 Å². The van der Waals surface area contributed by atoms with Gasteiger partial charge in [-0.05, 0) is 47.2 Å². The Bertz CT molecular complexity index is 1140. The molecule has 5 heteroatoms. The molecule has 0 heterocycles. The summed E-state index contributed by atoms with van der Waals surface area (Å²) in [7, 11) is 0. The maximum atomic E-state index is 12.6. The fraction of sp³-hybridized carbons (Fsp3) is 0.0435. The number of carbonyl (C=O) groups is 1. The summed E-state index contributed by atoms with van der Waals surface area (Å²) in [5.74, 6) is 2.40. The number of nitriles is 1. The molecule has 0 unspecified atom stereocenters. The molecule has 3 rings (SSSR count). The maximum absolute atomic E-state index is 12.6. The van der Waals surface area contributed by atoms with Gasteiger partial charge in [0.25, 0.3) is 5.91 Å².